The van der Waals surface area contributed by atoms with Crippen LogP contribution in [0.2, 0.25) is 0 Å². The molecule has 2 fully saturated rings. The van der Waals surface area contributed by atoms with Gasteiger partial charge in [-0.3, -0.25) is 9.59 Å². The van der Waals surface area contributed by atoms with E-state index in [-0.39, 0.29) is 23.4 Å². The molecule has 2 amide bonds. The van der Waals surface area contributed by atoms with E-state index in [9.17, 15) is 9.59 Å². The van der Waals surface area contributed by atoms with Crippen LogP contribution in [0.15, 0.2) is 47.2 Å². The Morgan fingerprint density at radius 1 is 1.08 bits per heavy atom. The smallest absolute Gasteiger partial charge is 0.225 e. The first-order valence-electron chi connectivity index (χ1n) is 14.1. The summed E-state index contributed by atoms with van der Waals surface area (Å²) in [6.07, 6.45) is 6.79. The van der Waals surface area contributed by atoms with Gasteiger partial charge in [0.1, 0.15) is 5.69 Å². The highest BCUT2D eigenvalue weighted by molar-refractivity contribution is 7.08. The molecule has 0 saturated heterocycles. The average molecular weight is 546 g/mol. The first kappa shape index (κ1) is 27.5. The fourth-order valence-electron chi connectivity index (χ4n) is 6.33. The molecule has 0 atom stereocenters. The number of thiophene rings is 1. The third-order valence-electron chi connectivity index (χ3n) is 8.59. The van der Waals surface area contributed by atoms with Gasteiger partial charge >= 0.3 is 0 Å². The van der Waals surface area contributed by atoms with Crippen LogP contribution in [0.5, 0.6) is 0 Å². The molecule has 7 nitrogen and oxygen atoms in total. The van der Waals surface area contributed by atoms with Crippen LogP contribution in [0.25, 0.3) is 22.4 Å². The van der Waals surface area contributed by atoms with Crippen molar-refractivity contribution in [2.24, 2.45) is 17.6 Å². The average Bonchev–Trinajstić information content (AvgIpc) is 3.47. The molecule has 2 aromatic heterocycles. The van der Waals surface area contributed by atoms with Crippen molar-refractivity contribution >= 4 is 29.0 Å². The van der Waals surface area contributed by atoms with Crippen LogP contribution in [0.4, 0.5) is 5.82 Å². The lowest BCUT2D eigenvalue weighted by Crippen LogP contribution is -2.47. The Bertz CT molecular complexity index is 1290. The number of aromatic nitrogens is 2. The Morgan fingerprint density at radius 3 is 2.41 bits per heavy atom. The summed E-state index contributed by atoms with van der Waals surface area (Å²) in [5.74, 6) is 1.60. The summed E-state index contributed by atoms with van der Waals surface area (Å²) in [5, 5.41) is 16.1. The highest BCUT2D eigenvalue weighted by Gasteiger charge is 2.39. The molecular weight excluding hydrogens is 506 g/mol. The number of nitrogens with two attached hydrogens (primary N) is 1. The predicted octanol–water partition coefficient (Wildman–Crippen LogP) is 6.21. The van der Waals surface area contributed by atoms with Crippen molar-refractivity contribution in [3.05, 3.63) is 52.7 Å². The van der Waals surface area contributed by atoms with Crippen molar-refractivity contribution in [1.82, 2.24) is 15.1 Å². The Kier molecular flexibility index (Phi) is 8.14. The SMILES string of the molecule is CCC(=O)N(C)[C@H]1CC[C@H](CC(=O)Nc2cc(-c3ccsc3)c(-c3ccc([C@]4(N)C[C@H](C)C4)cc3)nn2)CC1. The van der Waals surface area contributed by atoms with E-state index < -0.39 is 0 Å². The van der Waals surface area contributed by atoms with Gasteiger partial charge in [-0.05, 0) is 84.4 Å². The molecule has 1 aromatic carbocycles. The summed E-state index contributed by atoms with van der Waals surface area (Å²) in [6, 6.07) is 12.6. The van der Waals surface area contributed by atoms with Crippen LogP contribution in [-0.4, -0.2) is 40.0 Å². The number of carbonyl (C=O) groups is 2. The van der Waals surface area contributed by atoms with E-state index in [4.69, 9.17) is 5.73 Å². The van der Waals surface area contributed by atoms with Gasteiger partial charge in [0.05, 0.1) is 0 Å². The van der Waals surface area contributed by atoms with Crippen molar-refractivity contribution < 1.29 is 9.59 Å². The van der Waals surface area contributed by atoms with E-state index in [1.807, 2.05) is 30.3 Å². The second kappa shape index (κ2) is 11.6. The number of nitrogens with zero attached hydrogens (tertiary/aromatic N) is 3. The maximum atomic E-state index is 12.9. The van der Waals surface area contributed by atoms with E-state index in [1.165, 1.54) is 0 Å². The topological polar surface area (TPSA) is 101 Å². The zero-order valence-corrected chi connectivity index (χ0v) is 24.0. The highest BCUT2D eigenvalue weighted by atomic mass is 32.1. The van der Waals surface area contributed by atoms with Gasteiger partial charge < -0.3 is 16.0 Å². The lowest BCUT2D eigenvalue weighted by Gasteiger charge is -2.44. The zero-order chi connectivity index (χ0) is 27.6. The molecule has 5 rings (SSSR count). The monoisotopic (exact) mass is 545 g/mol. The maximum absolute atomic E-state index is 12.9. The van der Waals surface area contributed by atoms with Gasteiger partial charge in [-0.25, -0.2) is 0 Å². The number of nitrogens with one attached hydrogen (secondary N) is 1. The molecule has 2 aliphatic carbocycles. The second-order valence-corrected chi connectivity index (χ2v) is 12.3. The molecule has 3 aromatic rings. The van der Waals surface area contributed by atoms with Crippen LogP contribution in [0, 0.1) is 11.8 Å². The molecule has 3 N–H and O–H groups in total. The lowest BCUT2D eigenvalue weighted by atomic mass is 9.66. The van der Waals surface area contributed by atoms with E-state index in [0.717, 1.165) is 66.5 Å². The number of hydrogen-bond acceptors (Lipinski definition) is 6. The van der Waals surface area contributed by atoms with E-state index >= 15 is 0 Å². The van der Waals surface area contributed by atoms with Crippen LogP contribution in [-0.2, 0) is 15.1 Å². The standard InChI is InChI=1S/C31H39N5O2S/c1-4-29(38)36(3)25-11-5-21(6-12-25)15-28(37)33-27-16-26(23-13-14-39-19-23)30(35-34-27)22-7-9-24(10-8-22)31(32)17-20(2)18-31/h7-10,13-14,16,19-21,25H,4-6,11-12,15,17-18,32H2,1-3H3,(H,33,34,37)/t20-,21-,25-,31-. The van der Waals surface area contributed by atoms with Crippen LogP contribution >= 0.6 is 11.3 Å². The number of rotatable bonds is 8. The fraction of sp³-hybridized carbons (Fsp3) is 0.484. The fourth-order valence-corrected chi connectivity index (χ4v) is 6.98. The summed E-state index contributed by atoms with van der Waals surface area (Å²) < 4.78 is 0. The molecule has 8 heteroatoms. The first-order chi connectivity index (χ1) is 18.8. The number of amides is 2. The van der Waals surface area contributed by atoms with Crippen molar-refractivity contribution in [2.45, 2.75) is 76.8 Å². The van der Waals surface area contributed by atoms with Crippen molar-refractivity contribution in [2.75, 3.05) is 12.4 Å². The molecule has 2 aliphatic rings. The van der Waals surface area contributed by atoms with Crippen molar-refractivity contribution in [3.8, 4) is 22.4 Å². The summed E-state index contributed by atoms with van der Waals surface area (Å²) in [5.41, 5.74) is 11.3. The van der Waals surface area contributed by atoms with Gasteiger partial charge in [0.2, 0.25) is 11.8 Å². The number of anilines is 1. The highest BCUT2D eigenvalue weighted by Crippen LogP contribution is 2.43. The molecule has 0 radical (unpaired) electrons. The molecule has 0 unspecified atom stereocenters. The molecule has 0 aliphatic heterocycles. The molecule has 39 heavy (non-hydrogen) atoms. The third-order valence-corrected chi connectivity index (χ3v) is 9.27. The van der Waals surface area contributed by atoms with Gasteiger partial charge in [-0.15, -0.1) is 10.2 Å². The zero-order valence-electron chi connectivity index (χ0n) is 23.2. The third kappa shape index (κ3) is 6.07. The maximum Gasteiger partial charge on any atom is 0.225 e. The van der Waals surface area contributed by atoms with Crippen LogP contribution in [0.1, 0.15) is 70.8 Å². The number of hydrogen-bond donors (Lipinski definition) is 2. The molecule has 2 heterocycles. The summed E-state index contributed by atoms with van der Waals surface area (Å²) in [7, 11) is 1.90. The van der Waals surface area contributed by atoms with E-state index in [0.29, 0.717) is 30.5 Å². The van der Waals surface area contributed by atoms with Crippen LogP contribution < -0.4 is 11.1 Å². The largest absolute Gasteiger partial charge is 0.343 e. The summed E-state index contributed by atoms with van der Waals surface area (Å²) >= 11 is 1.63. The number of carbonyl (C=O) groups excluding carboxylic acids is 2. The molecule has 2 saturated carbocycles. The molecule has 206 valence electrons. The van der Waals surface area contributed by atoms with Crippen LogP contribution in [0.3, 0.4) is 0 Å². The van der Waals surface area contributed by atoms with Gasteiger partial charge in [0.15, 0.2) is 5.82 Å². The van der Waals surface area contributed by atoms with Gasteiger partial charge in [-0.1, -0.05) is 38.1 Å². The Morgan fingerprint density at radius 2 is 1.79 bits per heavy atom. The Balaban J connectivity index is 1.26. The summed E-state index contributed by atoms with van der Waals surface area (Å²) in [6.45, 7) is 4.14. The minimum absolute atomic E-state index is 0.0397. The van der Waals surface area contributed by atoms with E-state index in [1.54, 1.807) is 11.3 Å². The molecular formula is C31H39N5O2S. The first-order valence-corrected chi connectivity index (χ1v) is 15.1. The second-order valence-electron chi connectivity index (χ2n) is 11.5. The van der Waals surface area contributed by atoms with Gasteiger partial charge in [-0.2, -0.15) is 11.3 Å². The lowest BCUT2D eigenvalue weighted by molar-refractivity contribution is -0.132. The molecule has 0 bridgehead atoms. The minimum Gasteiger partial charge on any atom is -0.343 e. The Hall–Kier alpha value is -3.10. The van der Waals surface area contributed by atoms with Gasteiger partial charge in [0, 0.05) is 42.6 Å². The Labute approximate surface area is 235 Å². The minimum atomic E-state index is -0.226. The summed E-state index contributed by atoms with van der Waals surface area (Å²) in [4.78, 5) is 26.8. The van der Waals surface area contributed by atoms with E-state index in [2.05, 4.69) is 58.1 Å². The predicted molar refractivity (Wildman–Crippen MR) is 157 cm³/mol. The van der Waals surface area contributed by atoms with Gasteiger partial charge in [0.25, 0.3) is 0 Å². The van der Waals surface area contributed by atoms with Crippen molar-refractivity contribution in [3.63, 3.8) is 0 Å². The molecule has 0 spiro atoms. The van der Waals surface area contributed by atoms with Crippen molar-refractivity contribution in [1.29, 1.82) is 0 Å². The quantitative estimate of drug-likeness (QED) is 0.350. The normalized spacial score (nSPS) is 24.6. The number of benzene rings is 1.